The highest BCUT2D eigenvalue weighted by atomic mass is 32.1. The third kappa shape index (κ3) is 4.16. The van der Waals surface area contributed by atoms with E-state index in [1.807, 2.05) is 24.4 Å². The Morgan fingerprint density at radius 3 is 2.60 bits per heavy atom. The Morgan fingerprint density at radius 2 is 1.80 bits per heavy atom. The van der Waals surface area contributed by atoms with E-state index in [2.05, 4.69) is 15.6 Å². The van der Waals surface area contributed by atoms with Crippen LogP contribution in [0.15, 0.2) is 76.9 Å². The summed E-state index contributed by atoms with van der Waals surface area (Å²) in [6.45, 7) is 1.92. The summed E-state index contributed by atoms with van der Waals surface area (Å²) in [7, 11) is 0. The number of H-pyrrole nitrogens is 1. The molecule has 2 aromatic carbocycles. The first-order chi connectivity index (χ1) is 14.5. The van der Waals surface area contributed by atoms with Crippen molar-refractivity contribution in [2.75, 3.05) is 5.32 Å². The molecule has 0 aliphatic carbocycles. The summed E-state index contributed by atoms with van der Waals surface area (Å²) in [5.74, 6) is -0.643. The van der Waals surface area contributed by atoms with E-state index in [-0.39, 0.29) is 23.1 Å². The van der Waals surface area contributed by atoms with E-state index >= 15 is 0 Å². The molecule has 2 aromatic heterocycles. The SMILES string of the molecule is CC(NC(=O)c1cccc(NC(=O)c2cc(=O)[nH]c3ccccc23)c1)c1cccs1. The molecule has 4 aromatic rings. The molecule has 2 heterocycles. The van der Waals surface area contributed by atoms with Gasteiger partial charge in [-0.1, -0.05) is 30.3 Å². The molecule has 150 valence electrons. The van der Waals surface area contributed by atoms with Crippen LogP contribution in [0.3, 0.4) is 0 Å². The second-order valence-electron chi connectivity index (χ2n) is 6.84. The van der Waals surface area contributed by atoms with Crippen LogP contribution in [0.25, 0.3) is 10.9 Å². The number of amides is 2. The first-order valence-corrected chi connectivity index (χ1v) is 10.3. The molecule has 1 atom stereocenters. The van der Waals surface area contributed by atoms with Crippen LogP contribution < -0.4 is 16.2 Å². The van der Waals surface area contributed by atoms with Gasteiger partial charge in [0.25, 0.3) is 11.8 Å². The summed E-state index contributed by atoms with van der Waals surface area (Å²) in [4.78, 5) is 41.1. The average molecular weight is 417 g/mol. The van der Waals surface area contributed by atoms with Crippen molar-refractivity contribution in [3.05, 3.63) is 98.5 Å². The van der Waals surface area contributed by atoms with Gasteiger partial charge >= 0.3 is 0 Å². The normalized spacial score (nSPS) is 11.8. The van der Waals surface area contributed by atoms with Crippen molar-refractivity contribution in [1.82, 2.24) is 10.3 Å². The van der Waals surface area contributed by atoms with E-state index in [1.165, 1.54) is 6.07 Å². The summed E-state index contributed by atoms with van der Waals surface area (Å²) >= 11 is 1.58. The molecule has 0 saturated heterocycles. The first-order valence-electron chi connectivity index (χ1n) is 9.39. The second-order valence-corrected chi connectivity index (χ2v) is 7.82. The fraction of sp³-hybridized carbons (Fsp3) is 0.0870. The van der Waals surface area contributed by atoms with Gasteiger partial charge in [-0.3, -0.25) is 14.4 Å². The molecule has 0 spiro atoms. The summed E-state index contributed by atoms with van der Waals surface area (Å²) < 4.78 is 0. The molecule has 0 radical (unpaired) electrons. The zero-order valence-electron chi connectivity index (χ0n) is 16.1. The molecule has 0 bridgehead atoms. The van der Waals surface area contributed by atoms with Crippen molar-refractivity contribution in [2.24, 2.45) is 0 Å². The first kappa shape index (κ1) is 19.6. The lowest BCUT2D eigenvalue weighted by molar-refractivity contribution is 0.0939. The number of aromatic amines is 1. The molecule has 2 amide bonds. The van der Waals surface area contributed by atoms with Gasteiger partial charge in [0.2, 0.25) is 5.56 Å². The summed E-state index contributed by atoms with van der Waals surface area (Å²) in [5.41, 5.74) is 1.42. The van der Waals surface area contributed by atoms with Crippen LogP contribution in [0.2, 0.25) is 0 Å². The van der Waals surface area contributed by atoms with Crippen LogP contribution >= 0.6 is 11.3 Å². The predicted molar refractivity (Wildman–Crippen MR) is 119 cm³/mol. The molecule has 30 heavy (non-hydrogen) atoms. The van der Waals surface area contributed by atoms with Crippen LogP contribution in [0.5, 0.6) is 0 Å². The molecule has 0 aliphatic rings. The average Bonchev–Trinajstić information content (AvgIpc) is 3.28. The van der Waals surface area contributed by atoms with Crippen molar-refractivity contribution < 1.29 is 9.59 Å². The van der Waals surface area contributed by atoms with Gasteiger partial charge < -0.3 is 15.6 Å². The van der Waals surface area contributed by atoms with Crippen LogP contribution in [0.1, 0.15) is 38.6 Å². The highest BCUT2D eigenvalue weighted by Gasteiger charge is 2.15. The van der Waals surface area contributed by atoms with E-state index in [0.29, 0.717) is 22.2 Å². The van der Waals surface area contributed by atoms with Crippen molar-refractivity contribution >= 4 is 39.7 Å². The molecular formula is C23H19N3O3S. The third-order valence-electron chi connectivity index (χ3n) is 4.70. The smallest absolute Gasteiger partial charge is 0.256 e. The predicted octanol–water partition coefficient (Wildman–Crippen LogP) is 4.33. The molecule has 4 rings (SSSR count). The maximum absolute atomic E-state index is 12.8. The minimum atomic E-state index is -0.415. The molecule has 3 N–H and O–H groups in total. The fourth-order valence-corrected chi connectivity index (χ4v) is 3.95. The van der Waals surface area contributed by atoms with Crippen molar-refractivity contribution in [3.63, 3.8) is 0 Å². The molecule has 1 unspecified atom stereocenters. The standard InChI is InChI=1S/C23H19N3O3S/c1-14(20-10-5-11-30-20)24-22(28)15-6-4-7-16(12-15)25-23(29)18-13-21(27)26-19-9-3-2-8-17(18)19/h2-14H,1H3,(H,24,28)(H,25,29)(H,26,27). The number of aromatic nitrogens is 1. The minimum Gasteiger partial charge on any atom is -0.345 e. The monoisotopic (exact) mass is 417 g/mol. The molecule has 6 nitrogen and oxygen atoms in total. The van der Waals surface area contributed by atoms with Crippen LogP contribution in [-0.2, 0) is 0 Å². The van der Waals surface area contributed by atoms with E-state index in [4.69, 9.17) is 0 Å². The number of carbonyl (C=O) groups excluding carboxylic acids is 2. The Kier molecular flexibility index (Phi) is 5.45. The maximum Gasteiger partial charge on any atom is 0.256 e. The molecule has 7 heteroatoms. The number of thiophene rings is 1. The maximum atomic E-state index is 12.8. The van der Waals surface area contributed by atoms with Gasteiger partial charge in [-0.15, -0.1) is 11.3 Å². The fourth-order valence-electron chi connectivity index (χ4n) is 3.22. The number of fused-ring (bicyclic) bond motifs is 1. The number of nitrogens with one attached hydrogen (secondary N) is 3. The quantitative estimate of drug-likeness (QED) is 0.451. The Labute approximate surface area is 176 Å². The van der Waals surface area contributed by atoms with Gasteiger partial charge in [0.1, 0.15) is 0 Å². The van der Waals surface area contributed by atoms with Crippen molar-refractivity contribution in [3.8, 4) is 0 Å². The van der Waals surface area contributed by atoms with Crippen LogP contribution in [0.4, 0.5) is 5.69 Å². The van der Waals surface area contributed by atoms with E-state index in [0.717, 1.165) is 4.88 Å². The number of anilines is 1. The zero-order valence-corrected chi connectivity index (χ0v) is 17.0. The largest absolute Gasteiger partial charge is 0.345 e. The number of benzene rings is 2. The van der Waals surface area contributed by atoms with Crippen LogP contribution in [0, 0.1) is 0 Å². The van der Waals surface area contributed by atoms with Gasteiger partial charge in [0, 0.05) is 33.1 Å². The number of carbonyl (C=O) groups is 2. The Balaban J connectivity index is 1.54. The third-order valence-corrected chi connectivity index (χ3v) is 5.75. The summed E-state index contributed by atoms with van der Waals surface area (Å²) in [6.07, 6.45) is 0. The molecule has 0 aliphatic heterocycles. The lowest BCUT2D eigenvalue weighted by Crippen LogP contribution is -2.26. The highest BCUT2D eigenvalue weighted by molar-refractivity contribution is 7.10. The van der Waals surface area contributed by atoms with Crippen molar-refractivity contribution in [2.45, 2.75) is 13.0 Å². The lowest BCUT2D eigenvalue weighted by Gasteiger charge is -2.13. The van der Waals surface area contributed by atoms with Gasteiger partial charge in [0.15, 0.2) is 0 Å². The Bertz CT molecular complexity index is 1280. The van der Waals surface area contributed by atoms with Gasteiger partial charge in [-0.2, -0.15) is 0 Å². The minimum absolute atomic E-state index is 0.113. The summed E-state index contributed by atoms with van der Waals surface area (Å²) in [5, 5.41) is 8.35. The lowest BCUT2D eigenvalue weighted by atomic mass is 10.1. The van der Waals surface area contributed by atoms with E-state index in [9.17, 15) is 14.4 Å². The van der Waals surface area contributed by atoms with Gasteiger partial charge in [0.05, 0.1) is 11.6 Å². The van der Waals surface area contributed by atoms with Crippen molar-refractivity contribution in [1.29, 1.82) is 0 Å². The number of hydrogen-bond donors (Lipinski definition) is 3. The highest BCUT2D eigenvalue weighted by Crippen LogP contribution is 2.20. The number of rotatable bonds is 5. The second kappa shape index (κ2) is 8.34. The Hall–Kier alpha value is -3.71. The van der Waals surface area contributed by atoms with E-state index < -0.39 is 5.91 Å². The Morgan fingerprint density at radius 1 is 0.967 bits per heavy atom. The molecule has 0 saturated carbocycles. The van der Waals surface area contributed by atoms with Gasteiger partial charge in [-0.25, -0.2) is 0 Å². The topological polar surface area (TPSA) is 91.1 Å². The number of hydrogen-bond acceptors (Lipinski definition) is 4. The molecular weight excluding hydrogens is 398 g/mol. The summed E-state index contributed by atoms with van der Waals surface area (Å²) in [6, 6.07) is 18.9. The number of pyridine rings is 1. The molecule has 0 fully saturated rings. The number of para-hydroxylation sites is 1. The van der Waals surface area contributed by atoms with Gasteiger partial charge in [-0.05, 0) is 42.6 Å². The van der Waals surface area contributed by atoms with Crippen LogP contribution in [-0.4, -0.2) is 16.8 Å². The van der Waals surface area contributed by atoms with E-state index in [1.54, 1.807) is 59.9 Å². The zero-order chi connectivity index (χ0) is 21.1.